The Bertz CT molecular complexity index is 1080. The number of nitrogens with zero attached hydrogens (tertiary/aromatic N) is 1. The summed E-state index contributed by atoms with van der Waals surface area (Å²) in [6, 6.07) is 21.0. The topological polar surface area (TPSA) is 66.0 Å². The van der Waals surface area contributed by atoms with E-state index in [0.29, 0.717) is 5.56 Å². The smallest absolute Gasteiger partial charge is 0.336 e. The number of aromatic carboxylic acids is 1. The fraction of sp³-hybridized carbons (Fsp3) is 0.0476. The van der Waals surface area contributed by atoms with Crippen LogP contribution in [0, 0.1) is 6.92 Å². The van der Waals surface area contributed by atoms with Crippen LogP contribution in [0.1, 0.15) is 16.2 Å². The first-order valence-corrected chi connectivity index (χ1v) is 8.02. The lowest BCUT2D eigenvalue weighted by Crippen LogP contribution is -1.98. The van der Waals surface area contributed by atoms with Crippen LogP contribution in [0.4, 0.5) is 0 Å². The van der Waals surface area contributed by atoms with Crippen molar-refractivity contribution in [2.24, 2.45) is 0 Å². The predicted octanol–water partition coefficient (Wildman–Crippen LogP) is 4.90. The highest BCUT2D eigenvalue weighted by atomic mass is 16.4. The van der Waals surface area contributed by atoms with Crippen molar-refractivity contribution in [2.45, 2.75) is 6.92 Å². The van der Waals surface area contributed by atoms with Gasteiger partial charge in [0.1, 0.15) is 5.82 Å². The molecule has 25 heavy (non-hydrogen) atoms. The number of hydrogen-bond donors (Lipinski definition) is 2. The molecule has 0 aliphatic heterocycles. The Morgan fingerprint density at radius 1 is 0.880 bits per heavy atom. The van der Waals surface area contributed by atoms with E-state index in [1.165, 1.54) is 0 Å². The molecule has 0 aliphatic rings. The Kier molecular flexibility index (Phi) is 3.58. The first kappa shape index (κ1) is 15.1. The molecular formula is C21H16N2O2. The third kappa shape index (κ3) is 2.68. The third-order valence-corrected chi connectivity index (χ3v) is 4.30. The van der Waals surface area contributed by atoms with Crippen molar-refractivity contribution >= 4 is 17.0 Å². The van der Waals surface area contributed by atoms with Gasteiger partial charge in [-0.3, -0.25) is 0 Å². The number of aromatic amines is 1. The number of aryl methyl sites for hydroxylation is 1. The monoisotopic (exact) mass is 328 g/mol. The Morgan fingerprint density at radius 2 is 1.52 bits per heavy atom. The lowest BCUT2D eigenvalue weighted by Gasteiger charge is -2.08. The fourth-order valence-corrected chi connectivity index (χ4v) is 3.14. The van der Waals surface area contributed by atoms with Gasteiger partial charge in [0, 0.05) is 5.56 Å². The van der Waals surface area contributed by atoms with Gasteiger partial charge in [-0.2, -0.15) is 0 Å². The number of fused-ring (bicyclic) bond motifs is 1. The molecule has 122 valence electrons. The van der Waals surface area contributed by atoms with Crippen LogP contribution in [-0.2, 0) is 0 Å². The minimum atomic E-state index is -0.920. The van der Waals surface area contributed by atoms with Crippen molar-refractivity contribution in [1.82, 2.24) is 9.97 Å². The molecular weight excluding hydrogens is 312 g/mol. The highest BCUT2D eigenvalue weighted by Gasteiger charge is 2.12. The second-order valence-corrected chi connectivity index (χ2v) is 5.95. The van der Waals surface area contributed by atoms with Crippen molar-refractivity contribution in [1.29, 1.82) is 0 Å². The van der Waals surface area contributed by atoms with E-state index >= 15 is 0 Å². The van der Waals surface area contributed by atoms with Crippen molar-refractivity contribution in [3.63, 3.8) is 0 Å². The molecule has 0 bridgehead atoms. The van der Waals surface area contributed by atoms with Gasteiger partial charge in [0.25, 0.3) is 0 Å². The zero-order chi connectivity index (χ0) is 17.4. The molecule has 4 nitrogen and oxygen atoms in total. The number of nitrogens with one attached hydrogen (secondary N) is 1. The summed E-state index contributed by atoms with van der Waals surface area (Å²) in [6.07, 6.45) is 0. The molecule has 2 N–H and O–H groups in total. The number of para-hydroxylation sites is 1. The lowest BCUT2D eigenvalue weighted by atomic mass is 9.96. The largest absolute Gasteiger partial charge is 0.478 e. The van der Waals surface area contributed by atoms with Crippen LogP contribution in [0.25, 0.3) is 33.3 Å². The summed E-state index contributed by atoms with van der Waals surface area (Å²) in [7, 11) is 0. The zero-order valence-corrected chi connectivity index (χ0v) is 13.7. The van der Waals surface area contributed by atoms with E-state index in [4.69, 9.17) is 0 Å². The molecule has 4 heteroatoms. The van der Waals surface area contributed by atoms with Gasteiger partial charge < -0.3 is 10.1 Å². The van der Waals surface area contributed by atoms with Crippen molar-refractivity contribution in [2.75, 3.05) is 0 Å². The van der Waals surface area contributed by atoms with Gasteiger partial charge in [-0.05, 0) is 35.7 Å². The molecule has 0 spiro atoms. The van der Waals surface area contributed by atoms with Crippen LogP contribution in [0.3, 0.4) is 0 Å². The highest BCUT2D eigenvalue weighted by Crippen LogP contribution is 2.30. The van der Waals surface area contributed by atoms with Gasteiger partial charge >= 0.3 is 5.97 Å². The Morgan fingerprint density at radius 3 is 2.24 bits per heavy atom. The highest BCUT2D eigenvalue weighted by molar-refractivity contribution is 5.96. The third-order valence-electron chi connectivity index (χ3n) is 4.30. The molecule has 1 aromatic heterocycles. The number of benzene rings is 3. The van der Waals surface area contributed by atoms with Gasteiger partial charge in [-0.1, -0.05) is 54.6 Å². The van der Waals surface area contributed by atoms with Gasteiger partial charge in [-0.25, -0.2) is 9.78 Å². The molecule has 0 aliphatic carbocycles. The van der Waals surface area contributed by atoms with Crippen LogP contribution >= 0.6 is 0 Å². The molecule has 0 fully saturated rings. The normalized spacial score (nSPS) is 10.9. The minimum absolute atomic E-state index is 0.306. The average molecular weight is 328 g/mol. The van der Waals surface area contributed by atoms with Crippen LogP contribution in [0.2, 0.25) is 0 Å². The molecule has 3 aromatic carbocycles. The van der Waals surface area contributed by atoms with E-state index in [1.54, 1.807) is 12.1 Å². The van der Waals surface area contributed by atoms with Crippen molar-refractivity contribution in [3.05, 3.63) is 78.1 Å². The fourth-order valence-electron chi connectivity index (χ4n) is 3.14. The standard InChI is InChI=1S/C21H16N2O2/c1-13-22-19-8-4-7-17(20(19)23-13)15-11-9-14(10-12-15)16-5-2-3-6-18(16)21(24)25/h2-12H,1H3,(H,22,23)(H,24,25). The summed E-state index contributed by atoms with van der Waals surface area (Å²) < 4.78 is 0. The second-order valence-electron chi connectivity index (χ2n) is 5.95. The molecule has 0 amide bonds. The maximum atomic E-state index is 11.4. The van der Waals surface area contributed by atoms with E-state index < -0.39 is 5.97 Å². The molecule has 1 heterocycles. The maximum absolute atomic E-state index is 11.4. The summed E-state index contributed by atoms with van der Waals surface area (Å²) in [4.78, 5) is 19.2. The number of aromatic nitrogens is 2. The number of rotatable bonds is 3. The molecule has 0 saturated carbocycles. The average Bonchev–Trinajstić information content (AvgIpc) is 3.02. The number of carboxylic acids is 1. The Hall–Kier alpha value is -3.40. The first-order chi connectivity index (χ1) is 12.1. The summed E-state index contributed by atoms with van der Waals surface area (Å²) >= 11 is 0. The van der Waals surface area contributed by atoms with Crippen LogP contribution in [0.15, 0.2) is 66.7 Å². The number of carboxylic acid groups (broad SMARTS) is 1. The number of H-pyrrole nitrogens is 1. The van der Waals surface area contributed by atoms with Gasteiger partial charge in [0.2, 0.25) is 0 Å². The van der Waals surface area contributed by atoms with E-state index in [1.807, 2.05) is 61.5 Å². The predicted molar refractivity (Wildman–Crippen MR) is 98.7 cm³/mol. The molecule has 4 aromatic rings. The molecule has 0 unspecified atom stereocenters. The number of imidazole rings is 1. The van der Waals surface area contributed by atoms with Crippen molar-refractivity contribution < 1.29 is 9.90 Å². The maximum Gasteiger partial charge on any atom is 0.336 e. The first-order valence-electron chi connectivity index (χ1n) is 8.02. The Labute approximate surface area is 144 Å². The molecule has 0 atom stereocenters. The Balaban J connectivity index is 1.79. The second kappa shape index (κ2) is 5.91. The van der Waals surface area contributed by atoms with Crippen LogP contribution < -0.4 is 0 Å². The van der Waals surface area contributed by atoms with Crippen LogP contribution in [-0.4, -0.2) is 21.0 Å². The number of hydrogen-bond acceptors (Lipinski definition) is 2. The van der Waals surface area contributed by atoms with E-state index in [9.17, 15) is 9.90 Å². The van der Waals surface area contributed by atoms with E-state index in [-0.39, 0.29) is 0 Å². The SMILES string of the molecule is Cc1nc2c(-c3ccc(-c4ccccc4C(=O)O)cc3)cccc2[nH]1. The van der Waals surface area contributed by atoms with E-state index in [2.05, 4.69) is 9.97 Å². The van der Waals surface area contributed by atoms with Gasteiger partial charge in [0.15, 0.2) is 0 Å². The molecule has 0 radical (unpaired) electrons. The summed E-state index contributed by atoms with van der Waals surface area (Å²) in [5.41, 5.74) is 5.96. The van der Waals surface area contributed by atoms with E-state index in [0.717, 1.165) is 39.1 Å². The number of carbonyl (C=O) groups is 1. The van der Waals surface area contributed by atoms with Crippen LogP contribution in [0.5, 0.6) is 0 Å². The minimum Gasteiger partial charge on any atom is -0.478 e. The summed E-state index contributed by atoms with van der Waals surface area (Å²) in [5, 5.41) is 9.37. The molecule has 4 rings (SSSR count). The van der Waals surface area contributed by atoms with Crippen molar-refractivity contribution in [3.8, 4) is 22.3 Å². The summed E-state index contributed by atoms with van der Waals surface area (Å²) in [5.74, 6) is -0.0362. The molecule has 0 saturated heterocycles. The zero-order valence-electron chi connectivity index (χ0n) is 13.7. The van der Waals surface area contributed by atoms with Gasteiger partial charge in [0.05, 0.1) is 16.6 Å². The quantitative estimate of drug-likeness (QED) is 0.562. The summed E-state index contributed by atoms with van der Waals surface area (Å²) in [6.45, 7) is 1.94. The van der Waals surface area contributed by atoms with Gasteiger partial charge in [-0.15, -0.1) is 0 Å². The lowest BCUT2D eigenvalue weighted by molar-refractivity contribution is 0.0697.